The highest BCUT2D eigenvalue weighted by Crippen LogP contribution is 2.09. The fourth-order valence-corrected chi connectivity index (χ4v) is 2.85. The van der Waals surface area contributed by atoms with E-state index in [4.69, 9.17) is 4.99 Å². The van der Waals surface area contributed by atoms with E-state index in [1.807, 2.05) is 29.2 Å². The topological polar surface area (TPSA) is 74.5 Å². The van der Waals surface area contributed by atoms with Crippen molar-refractivity contribution >= 4 is 11.9 Å². The van der Waals surface area contributed by atoms with Crippen LogP contribution < -0.4 is 10.2 Å². The molecular weight excluding hydrogens is 316 g/mol. The first-order valence-corrected chi connectivity index (χ1v) is 8.89. The first-order chi connectivity index (χ1) is 12.4. The summed E-state index contributed by atoms with van der Waals surface area (Å²) in [6.07, 6.45) is 8.36. The highest BCUT2D eigenvalue weighted by Gasteiger charge is 2.20. The number of anilines is 1. The molecule has 0 atom stereocenters. The van der Waals surface area contributed by atoms with Gasteiger partial charge >= 0.3 is 0 Å². The third-order valence-corrected chi connectivity index (χ3v) is 4.12. The summed E-state index contributed by atoms with van der Waals surface area (Å²) in [5.74, 6) is 1.81. The van der Waals surface area contributed by atoms with Crippen LogP contribution in [0, 0.1) is 0 Å². The zero-order valence-electron chi connectivity index (χ0n) is 14.8. The maximum atomic E-state index is 4.77. The molecule has 2 aromatic heterocycles. The first-order valence-electron chi connectivity index (χ1n) is 8.89. The Morgan fingerprint density at radius 3 is 2.60 bits per heavy atom. The molecule has 0 amide bonds. The number of nitrogens with one attached hydrogen (secondary N) is 1. The highest BCUT2D eigenvalue weighted by atomic mass is 15.4. The van der Waals surface area contributed by atoms with Crippen LogP contribution in [0.4, 0.5) is 5.95 Å². The number of nitrogens with zero attached hydrogens (tertiary/aromatic N) is 7. The quantitative estimate of drug-likeness (QED) is 0.477. The van der Waals surface area contributed by atoms with Gasteiger partial charge in [0.05, 0.1) is 0 Å². The van der Waals surface area contributed by atoms with E-state index >= 15 is 0 Å². The van der Waals surface area contributed by atoms with Crippen molar-refractivity contribution in [2.24, 2.45) is 4.99 Å². The maximum Gasteiger partial charge on any atom is 0.225 e. The van der Waals surface area contributed by atoms with E-state index in [-0.39, 0.29) is 0 Å². The van der Waals surface area contributed by atoms with Gasteiger partial charge in [-0.25, -0.2) is 9.97 Å². The minimum atomic E-state index is 0.796. The summed E-state index contributed by atoms with van der Waals surface area (Å²) in [5, 5.41) is 7.63. The molecule has 3 rings (SSSR count). The predicted octanol–water partition coefficient (Wildman–Crippen LogP) is 0.851. The van der Waals surface area contributed by atoms with E-state index in [0.29, 0.717) is 0 Å². The number of aryl methyl sites for hydroxylation is 1. The third kappa shape index (κ3) is 4.91. The molecule has 3 heterocycles. The average Bonchev–Trinajstić information content (AvgIpc) is 3.19. The molecule has 0 unspecified atom stereocenters. The number of rotatable bonds is 6. The molecule has 134 valence electrons. The van der Waals surface area contributed by atoms with Crippen LogP contribution in [0.5, 0.6) is 0 Å². The average molecular weight is 342 g/mol. The third-order valence-electron chi connectivity index (χ3n) is 4.12. The van der Waals surface area contributed by atoms with E-state index in [1.165, 1.54) is 0 Å². The van der Waals surface area contributed by atoms with E-state index in [9.17, 15) is 0 Å². The van der Waals surface area contributed by atoms with Gasteiger partial charge in [0.15, 0.2) is 5.96 Å². The summed E-state index contributed by atoms with van der Waals surface area (Å²) in [6, 6.07) is 3.79. The Balaban J connectivity index is 1.50. The second-order valence-corrected chi connectivity index (χ2v) is 5.88. The summed E-state index contributed by atoms with van der Waals surface area (Å²) in [6.45, 7) is 8.32. The molecule has 2 aromatic rings. The standard InChI is InChI=1S/C17H26N8/c1-2-18-16(21-8-4-10-25-11-5-9-22-25)23-12-14-24(15-13-23)17-19-6-3-7-20-17/h3,5-7,9,11H,2,4,8,10,12-15H2,1H3,(H,18,21). The SMILES string of the molecule is CCNC(=NCCCn1cccn1)N1CCN(c2ncccn2)CC1. The Morgan fingerprint density at radius 1 is 1.12 bits per heavy atom. The smallest absolute Gasteiger partial charge is 0.225 e. The fourth-order valence-electron chi connectivity index (χ4n) is 2.85. The van der Waals surface area contributed by atoms with Crippen LogP contribution in [0.15, 0.2) is 41.9 Å². The molecular formula is C17H26N8. The van der Waals surface area contributed by atoms with Gasteiger partial charge in [-0.2, -0.15) is 5.10 Å². The lowest BCUT2D eigenvalue weighted by Gasteiger charge is -2.36. The van der Waals surface area contributed by atoms with Gasteiger partial charge in [0.1, 0.15) is 0 Å². The first kappa shape index (κ1) is 17.2. The van der Waals surface area contributed by atoms with Gasteiger partial charge in [0, 0.05) is 70.6 Å². The molecule has 0 spiro atoms. The monoisotopic (exact) mass is 342 g/mol. The Bertz CT molecular complexity index is 632. The van der Waals surface area contributed by atoms with Crippen molar-refractivity contribution in [3.8, 4) is 0 Å². The minimum absolute atomic E-state index is 0.796. The molecule has 25 heavy (non-hydrogen) atoms. The molecule has 0 saturated carbocycles. The van der Waals surface area contributed by atoms with Gasteiger partial charge < -0.3 is 15.1 Å². The number of hydrogen-bond donors (Lipinski definition) is 1. The van der Waals surface area contributed by atoms with Gasteiger partial charge in [-0.1, -0.05) is 0 Å². The Morgan fingerprint density at radius 2 is 1.92 bits per heavy atom. The van der Waals surface area contributed by atoms with Gasteiger partial charge in [-0.05, 0) is 25.5 Å². The summed E-state index contributed by atoms with van der Waals surface area (Å²) in [5.41, 5.74) is 0. The summed E-state index contributed by atoms with van der Waals surface area (Å²) < 4.78 is 1.95. The van der Waals surface area contributed by atoms with Crippen molar-refractivity contribution in [1.29, 1.82) is 0 Å². The zero-order chi connectivity index (χ0) is 17.3. The van der Waals surface area contributed by atoms with Gasteiger partial charge in [-0.15, -0.1) is 0 Å². The number of guanidine groups is 1. The van der Waals surface area contributed by atoms with Crippen LogP contribution in [-0.4, -0.2) is 69.9 Å². The molecule has 8 heteroatoms. The lowest BCUT2D eigenvalue weighted by atomic mass is 10.3. The minimum Gasteiger partial charge on any atom is -0.357 e. The van der Waals surface area contributed by atoms with Gasteiger partial charge in [0.2, 0.25) is 5.95 Å². The number of hydrogen-bond acceptors (Lipinski definition) is 5. The molecule has 0 radical (unpaired) electrons. The predicted molar refractivity (Wildman–Crippen MR) is 98.6 cm³/mol. The van der Waals surface area contributed by atoms with Gasteiger partial charge in [-0.3, -0.25) is 9.67 Å². The summed E-state index contributed by atoms with van der Waals surface area (Å²) >= 11 is 0. The van der Waals surface area contributed by atoms with Crippen LogP contribution in [0.2, 0.25) is 0 Å². The number of aliphatic imine (C=N–C) groups is 1. The van der Waals surface area contributed by atoms with Crippen LogP contribution >= 0.6 is 0 Å². The van der Waals surface area contributed by atoms with Crippen molar-refractivity contribution in [1.82, 2.24) is 30.0 Å². The van der Waals surface area contributed by atoms with Crippen LogP contribution in [0.3, 0.4) is 0 Å². The van der Waals surface area contributed by atoms with Crippen molar-refractivity contribution in [2.45, 2.75) is 19.9 Å². The second kappa shape index (κ2) is 9.00. The molecule has 1 aliphatic rings. The summed E-state index contributed by atoms with van der Waals surface area (Å²) in [4.78, 5) is 18.0. The zero-order valence-corrected chi connectivity index (χ0v) is 14.8. The lowest BCUT2D eigenvalue weighted by molar-refractivity contribution is 0.370. The molecule has 0 aromatic carbocycles. The van der Waals surface area contributed by atoms with Crippen LogP contribution in [0.25, 0.3) is 0 Å². The normalized spacial score (nSPS) is 15.5. The van der Waals surface area contributed by atoms with Crippen molar-refractivity contribution < 1.29 is 0 Å². The van der Waals surface area contributed by atoms with Crippen molar-refractivity contribution in [3.63, 3.8) is 0 Å². The molecule has 1 aliphatic heterocycles. The largest absolute Gasteiger partial charge is 0.357 e. The summed E-state index contributed by atoms with van der Waals surface area (Å²) in [7, 11) is 0. The molecule has 1 N–H and O–H groups in total. The van der Waals surface area contributed by atoms with Crippen LogP contribution in [0.1, 0.15) is 13.3 Å². The lowest BCUT2D eigenvalue weighted by Crippen LogP contribution is -2.53. The molecule has 0 aliphatic carbocycles. The van der Waals surface area contributed by atoms with E-state index in [2.05, 4.69) is 37.1 Å². The molecule has 1 saturated heterocycles. The number of piperazine rings is 1. The van der Waals surface area contributed by atoms with E-state index in [0.717, 1.165) is 64.1 Å². The Hall–Kier alpha value is -2.64. The van der Waals surface area contributed by atoms with Gasteiger partial charge in [0.25, 0.3) is 0 Å². The second-order valence-electron chi connectivity index (χ2n) is 5.88. The fraction of sp³-hybridized carbons (Fsp3) is 0.529. The highest BCUT2D eigenvalue weighted by molar-refractivity contribution is 5.80. The Kier molecular flexibility index (Phi) is 6.19. The number of aromatic nitrogens is 4. The van der Waals surface area contributed by atoms with Crippen molar-refractivity contribution in [3.05, 3.63) is 36.9 Å². The van der Waals surface area contributed by atoms with E-state index in [1.54, 1.807) is 12.4 Å². The van der Waals surface area contributed by atoms with Crippen LogP contribution in [-0.2, 0) is 6.54 Å². The maximum absolute atomic E-state index is 4.77. The van der Waals surface area contributed by atoms with Crippen molar-refractivity contribution in [2.75, 3.05) is 44.2 Å². The van der Waals surface area contributed by atoms with E-state index < -0.39 is 0 Å². The molecule has 1 fully saturated rings. The molecule has 0 bridgehead atoms. The Labute approximate surface area is 148 Å². The molecule has 8 nitrogen and oxygen atoms in total.